The third-order valence-corrected chi connectivity index (χ3v) is 2.50. The van der Waals surface area contributed by atoms with Gasteiger partial charge in [-0.3, -0.25) is 4.68 Å². The van der Waals surface area contributed by atoms with Gasteiger partial charge in [0.25, 0.3) is 0 Å². The van der Waals surface area contributed by atoms with E-state index in [1.165, 1.54) is 0 Å². The fourth-order valence-corrected chi connectivity index (χ4v) is 1.74. The summed E-state index contributed by atoms with van der Waals surface area (Å²) < 4.78 is 7.32. The minimum absolute atomic E-state index is 0.0500. The number of aromatic nitrogens is 2. The molecule has 2 rings (SSSR count). The molecule has 0 amide bonds. The maximum absolute atomic E-state index is 8.99. The Morgan fingerprint density at radius 3 is 3.00 bits per heavy atom. The van der Waals surface area contributed by atoms with Crippen LogP contribution in [-0.2, 0) is 6.54 Å². The molecule has 1 aromatic heterocycles. The highest BCUT2D eigenvalue weighted by atomic mass is 16.5. The molecule has 0 saturated carbocycles. The van der Waals surface area contributed by atoms with Gasteiger partial charge in [0.05, 0.1) is 30.7 Å². The van der Waals surface area contributed by atoms with Crippen LogP contribution in [0.1, 0.15) is 13.3 Å². The summed E-state index contributed by atoms with van der Waals surface area (Å²) in [4.78, 5) is 0. The van der Waals surface area contributed by atoms with Gasteiger partial charge < -0.3 is 15.6 Å². The van der Waals surface area contributed by atoms with Crippen molar-refractivity contribution >= 4 is 16.6 Å². The number of hydrogen-bond acceptors (Lipinski definition) is 4. The molecule has 0 aliphatic carbocycles. The van der Waals surface area contributed by atoms with Crippen LogP contribution in [-0.4, -0.2) is 28.1 Å². The third kappa shape index (κ3) is 2.34. The van der Waals surface area contributed by atoms with Crippen molar-refractivity contribution in [3.8, 4) is 5.88 Å². The molecule has 0 bridgehead atoms. The summed E-state index contributed by atoms with van der Waals surface area (Å²) in [6.07, 6.45) is 0.927. The molecule has 92 valence electrons. The molecule has 5 nitrogen and oxygen atoms in total. The molecular weight excluding hydrogens is 218 g/mol. The third-order valence-electron chi connectivity index (χ3n) is 2.50. The van der Waals surface area contributed by atoms with Gasteiger partial charge in [-0.1, -0.05) is 6.92 Å². The minimum Gasteiger partial charge on any atom is -0.476 e. The van der Waals surface area contributed by atoms with E-state index >= 15 is 0 Å². The van der Waals surface area contributed by atoms with Gasteiger partial charge in [-0.2, -0.15) is 0 Å². The van der Waals surface area contributed by atoms with Crippen LogP contribution in [0.2, 0.25) is 0 Å². The van der Waals surface area contributed by atoms with Crippen LogP contribution in [0.25, 0.3) is 10.9 Å². The second-order valence-electron chi connectivity index (χ2n) is 3.88. The fraction of sp³-hybridized carbons (Fsp3) is 0.417. The summed E-state index contributed by atoms with van der Waals surface area (Å²) in [6.45, 7) is 3.17. The Morgan fingerprint density at radius 1 is 1.47 bits per heavy atom. The molecule has 0 fully saturated rings. The molecule has 17 heavy (non-hydrogen) atoms. The van der Waals surface area contributed by atoms with E-state index < -0.39 is 0 Å². The Bertz CT molecular complexity index is 508. The lowest BCUT2D eigenvalue weighted by molar-refractivity contribution is 0.265. The average Bonchev–Trinajstić information content (AvgIpc) is 2.65. The Hall–Kier alpha value is -1.75. The van der Waals surface area contributed by atoms with Crippen molar-refractivity contribution in [1.29, 1.82) is 0 Å². The number of nitrogens with zero attached hydrogens (tertiary/aromatic N) is 2. The Morgan fingerprint density at radius 2 is 2.29 bits per heavy atom. The molecule has 0 aliphatic heterocycles. The van der Waals surface area contributed by atoms with Crippen molar-refractivity contribution in [2.45, 2.75) is 19.9 Å². The minimum atomic E-state index is 0.0500. The van der Waals surface area contributed by atoms with Crippen molar-refractivity contribution in [2.75, 3.05) is 18.9 Å². The molecule has 0 radical (unpaired) electrons. The Labute approximate surface area is 99.8 Å². The monoisotopic (exact) mass is 235 g/mol. The van der Waals surface area contributed by atoms with Crippen molar-refractivity contribution < 1.29 is 9.84 Å². The van der Waals surface area contributed by atoms with Gasteiger partial charge in [0.1, 0.15) is 0 Å². The number of rotatable bonds is 5. The molecule has 2 aromatic rings. The number of aliphatic hydroxyl groups is 1. The first-order chi connectivity index (χ1) is 8.26. The van der Waals surface area contributed by atoms with Gasteiger partial charge in [0, 0.05) is 5.69 Å². The SMILES string of the molecule is CCCOc1nn(CCO)c2ccc(N)cc12. The normalized spacial score (nSPS) is 10.9. The van der Waals surface area contributed by atoms with Gasteiger partial charge in [0.15, 0.2) is 0 Å². The topological polar surface area (TPSA) is 73.3 Å². The summed E-state index contributed by atoms with van der Waals surface area (Å²) >= 11 is 0. The van der Waals surface area contributed by atoms with Crippen molar-refractivity contribution in [3.05, 3.63) is 18.2 Å². The fourth-order valence-electron chi connectivity index (χ4n) is 1.74. The molecule has 0 saturated heterocycles. The molecule has 0 atom stereocenters. The molecule has 1 heterocycles. The van der Waals surface area contributed by atoms with E-state index in [9.17, 15) is 0 Å². The maximum Gasteiger partial charge on any atom is 0.240 e. The lowest BCUT2D eigenvalue weighted by atomic mass is 10.2. The predicted octanol–water partition coefficient (Wildman–Crippen LogP) is 1.40. The second kappa shape index (κ2) is 5.05. The number of nitrogen functional groups attached to an aromatic ring is 1. The van der Waals surface area contributed by atoms with Gasteiger partial charge in [-0.25, -0.2) is 0 Å². The zero-order valence-electron chi connectivity index (χ0n) is 9.89. The summed E-state index contributed by atoms with van der Waals surface area (Å²) in [5.41, 5.74) is 7.38. The number of ether oxygens (including phenoxy) is 1. The number of benzene rings is 1. The molecule has 1 aromatic carbocycles. The van der Waals surface area contributed by atoms with Crippen LogP contribution in [0.3, 0.4) is 0 Å². The highest BCUT2D eigenvalue weighted by molar-refractivity contribution is 5.87. The summed E-state index contributed by atoms with van der Waals surface area (Å²) in [6, 6.07) is 5.56. The highest BCUT2D eigenvalue weighted by Crippen LogP contribution is 2.27. The first-order valence-corrected chi connectivity index (χ1v) is 5.76. The zero-order chi connectivity index (χ0) is 12.3. The standard InChI is InChI=1S/C12H17N3O2/c1-2-7-17-12-10-8-9(13)3-4-11(10)15(14-12)5-6-16/h3-4,8,16H,2,5-7,13H2,1H3. The number of hydrogen-bond donors (Lipinski definition) is 2. The van der Waals surface area contributed by atoms with Crippen LogP contribution in [0.15, 0.2) is 18.2 Å². The zero-order valence-corrected chi connectivity index (χ0v) is 9.89. The quantitative estimate of drug-likeness (QED) is 0.768. The van der Waals surface area contributed by atoms with Gasteiger partial charge in [0.2, 0.25) is 5.88 Å². The lowest BCUT2D eigenvalue weighted by Gasteiger charge is -2.00. The lowest BCUT2D eigenvalue weighted by Crippen LogP contribution is -2.04. The molecule has 0 spiro atoms. The van der Waals surface area contributed by atoms with E-state index in [4.69, 9.17) is 15.6 Å². The molecule has 5 heteroatoms. The van der Waals surface area contributed by atoms with Gasteiger partial charge in [-0.15, -0.1) is 5.10 Å². The van der Waals surface area contributed by atoms with Crippen LogP contribution in [0, 0.1) is 0 Å². The maximum atomic E-state index is 8.99. The molecule has 0 aliphatic rings. The largest absolute Gasteiger partial charge is 0.476 e. The van der Waals surface area contributed by atoms with Crippen molar-refractivity contribution in [1.82, 2.24) is 9.78 Å². The molecule has 0 unspecified atom stereocenters. The number of nitrogens with two attached hydrogens (primary N) is 1. The molecular formula is C12H17N3O2. The number of anilines is 1. The van der Waals surface area contributed by atoms with Gasteiger partial charge >= 0.3 is 0 Å². The summed E-state index contributed by atoms with van der Waals surface area (Å²) in [5, 5.41) is 14.2. The second-order valence-corrected chi connectivity index (χ2v) is 3.88. The van der Waals surface area contributed by atoms with Gasteiger partial charge in [-0.05, 0) is 24.6 Å². The summed E-state index contributed by atoms with van der Waals surface area (Å²) in [5.74, 6) is 0.586. The Balaban J connectivity index is 2.46. The van der Waals surface area contributed by atoms with E-state index in [1.54, 1.807) is 4.68 Å². The van der Waals surface area contributed by atoms with E-state index in [2.05, 4.69) is 5.10 Å². The van der Waals surface area contributed by atoms with Crippen LogP contribution >= 0.6 is 0 Å². The van der Waals surface area contributed by atoms with E-state index in [0.717, 1.165) is 17.3 Å². The van der Waals surface area contributed by atoms with Crippen molar-refractivity contribution in [3.63, 3.8) is 0 Å². The van der Waals surface area contributed by atoms with E-state index in [1.807, 2.05) is 25.1 Å². The number of fused-ring (bicyclic) bond motifs is 1. The first-order valence-electron chi connectivity index (χ1n) is 5.76. The first kappa shape index (κ1) is 11.7. The van der Waals surface area contributed by atoms with Crippen molar-refractivity contribution in [2.24, 2.45) is 0 Å². The van der Waals surface area contributed by atoms with Crippen LogP contribution < -0.4 is 10.5 Å². The smallest absolute Gasteiger partial charge is 0.240 e. The van der Waals surface area contributed by atoms with Crippen LogP contribution in [0.4, 0.5) is 5.69 Å². The Kier molecular flexibility index (Phi) is 3.49. The summed E-state index contributed by atoms with van der Waals surface area (Å²) in [7, 11) is 0. The average molecular weight is 235 g/mol. The highest BCUT2D eigenvalue weighted by Gasteiger charge is 2.11. The number of aliphatic hydroxyl groups excluding tert-OH is 1. The van der Waals surface area contributed by atoms with E-state index in [-0.39, 0.29) is 6.61 Å². The van der Waals surface area contributed by atoms with Crippen LogP contribution in [0.5, 0.6) is 5.88 Å². The predicted molar refractivity (Wildman–Crippen MR) is 67.0 cm³/mol. The molecule has 3 N–H and O–H groups in total. The van der Waals surface area contributed by atoms with E-state index in [0.29, 0.717) is 24.7 Å².